The molecule has 14 heteroatoms. The van der Waals surface area contributed by atoms with Gasteiger partial charge in [0.05, 0.1) is 12.7 Å². The van der Waals surface area contributed by atoms with Crippen molar-refractivity contribution in [3.8, 4) is 5.75 Å². The summed E-state index contributed by atoms with van der Waals surface area (Å²) >= 11 is 5.70. The number of fused-ring (bicyclic) bond motifs is 1. The summed E-state index contributed by atoms with van der Waals surface area (Å²) < 4.78 is 24.2. The molecule has 4 rings (SSSR count). The van der Waals surface area contributed by atoms with E-state index in [0.29, 0.717) is 5.75 Å². The van der Waals surface area contributed by atoms with E-state index in [4.69, 9.17) is 30.3 Å². The van der Waals surface area contributed by atoms with E-state index >= 15 is 0 Å². The van der Waals surface area contributed by atoms with Gasteiger partial charge in [0.2, 0.25) is 0 Å². The molecule has 1 aromatic heterocycles. The average molecular weight is 556 g/mol. The minimum Gasteiger partial charge on any atom is -0.462 e. The zero-order valence-electron chi connectivity index (χ0n) is 20.7. The lowest BCUT2D eigenvalue weighted by Gasteiger charge is -2.31. The van der Waals surface area contributed by atoms with Crippen LogP contribution in [0.25, 0.3) is 0 Å². The zero-order valence-corrected chi connectivity index (χ0v) is 22.5. The van der Waals surface area contributed by atoms with Gasteiger partial charge >= 0.3 is 18.3 Å². The third-order valence-corrected chi connectivity index (χ3v) is 8.90. The number of aromatic amines is 1. The highest BCUT2D eigenvalue weighted by Crippen LogP contribution is 2.68. The number of H-pyrrole nitrogens is 1. The number of aromatic nitrogens is 2. The average Bonchev–Trinajstić information content (AvgIpc) is 3.38. The molecule has 12 nitrogen and oxygen atoms in total. The Balaban J connectivity index is 1.57. The molecule has 0 bridgehead atoms. The normalized spacial score (nSPS) is 30.8. The largest absolute Gasteiger partial charge is 0.462 e. The van der Waals surface area contributed by atoms with Crippen LogP contribution in [0, 0.1) is 0 Å². The van der Waals surface area contributed by atoms with Crippen molar-refractivity contribution in [2.24, 2.45) is 0 Å². The first kappa shape index (κ1) is 27.6. The number of carbonyl (C=O) groups excluding carboxylic acids is 1. The van der Waals surface area contributed by atoms with Crippen LogP contribution in [0.5, 0.6) is 5.75 Å². The van der Waals surface area contributed by atoms with Gasteiger partial charge in [0.25, 0.3) is 5.56 Å². The fourth-order valence-electron chi connectivity index (χ4n) is 4.35. The van der Waals surface area contributed by atoms with Crippen LogP contribution in [0.3, 0.4) is 0 Å². The summed E-state index contributed by atoms with van der Waals surface area (Å²) in [5.41, 5.74) is -6.55. The highest BCUT2D eigenvalue weighted by Gasteiger charge is 2.84. The third-order valence-electron chi connectivity index (χ3n) is 6.42. The molecule has 6 atom stereocenters. The lowest BCUT2D eigenvalue weighted by Crippen LogP contribution is -2.49. The van der Waals surface area contributed by atoms with Gasteiger partial charge in [-0.3, -0.25) is 19.1 Å². The number of carbonyl (C=O) groups is 1. The molecule has 2 fully saturated rings. The van der Waals surface area contributed by atoms with Gasteiger partial charge in [-0.25, -0.2) is 9.88 Å². The first-order chi connectivity index (χ1) is 17.2. The van der Waals surface area contributed by atoms with Gasteiger partial charge in [0.15, 0.2) is 6.23 Å². The van der Waals surface area contributed by atoms with Gasteiger partial charge in [-0.2, -0.15) is 0 Å². The summed E-state index contributed by atoms with van der Waals surface area (Å²) in [6.07, 6.45) is -0.490. The van der Waals surface area contributed by atoms with E-state index in [0.717, 1.165) is 10.6 Å². The van der Waals surface area contributed by atoms with E-state index in [1.54, 1.807) is 51.1 Å². The number of nitrogens with zero attached hydrogens (tertiary/aromatic N) is 1. The lowest BCUT2D eigenvalue weighted by atomic mass is 9.94. The first-order valence-corrected chi connectivity index (χ1v) is 14.3. The second kappa shape index (κ2) is 9.73. The van der Waals surface area contributed by atoms with Crippen LogP contribution < -0.4 is 20.9 Å². The van der Waals surface area contributed by atoms with Gasteiger partial charge in [-0.15, -0.1) is 0 Å². The number of esters is 1. The quantitative estimate of drug-likeness (QED) is 0.244. The van der Waals surface area contributed by atoms with E-state index in [9.17, 15) is 24.6 Å². The highest BCUT2D eigenvalue weighted by atomic mass is 32.5. The van der Waals surface area contributed by atoms with Gasteiger partial charge in [0, 0.05) is 18.7 Å². The summed E-state index contributed by atoms with van der Waals surface area (Å²) in [7, 11) is 0. The number of rotatable bonds is 10. The van der Waals surface area contributed by atoms with E-state index < -0.39 is 52.9 Å². The summed E-state index contributed by atoms with van der Waals surface area (Å²) in [6.45, 7) is 2.57. The van der Waals surface area contributed by atoms with E-state index in [1.165, 1.54) is 13.1 Å². The molecule has 0 radical (unpaired) electrons. The Labute approximate surface area is 217 Å². The number of aliphatic hydroxyl groups is 2. The molecule has 1 aliphatic heterocycles. The first-order valence-electron chi connectivity index (χ1n) is 11.6. The van der Waals surface area contributed by atoms with Gasteiger partial charge in [-0.05, 0) is 51.6 Å². The number of nitrogens with one attached hydrogen (secondary N) is 2. The molecule has 1 aromatic carbocycles. The molecule has 4 N–H and O–H groups in total. The topological polar surface area (TPSA) is 161 Å². The predicted molar refractivity (Wildman–Crippen MR) is 135 cm³/mol. The highest BCUT2D eigenvalue weighted by molar-refractivity contribution is 8.09. The summed E-state index contributed by atoms with van der Waals surface area (Å²) in [5.74, 6) is -0.161. The second-order valence-corrected chi connectivity index (χ2v) is 12.8. The molecule has 6 unspecified atom stereocenters. The second-order valence-electron chi connectivity index (χ2n) is 9.68. The van der Waals surface area contributed by atoms with Crippen LogP contribution >= 0.6 is 6.64 Å². The summed E-state index contributed by atoms with van der Waals surface area (Å²) in [5, 5.41) is 25.4. The fraction of sp³-hybridized carbons (Fsp3) is 0.522. The maximum atomic E-state index is 12.4. The van der Waals surface area contributed by atoms with Crippen LogP contribution in [0.1, 0.15) is 40.3 Å². The SMILES string of the molecule is CC(C)OC(=O)C(C)NP(=S)(OCC12CC1(O)C(C)(O)C(n1ccc(=O)[nH]c1=O)O2)Oc1ccccc1. The molecule has 0 amide bonds. The van der Waals surface area contributed by atoms with E-state index in [1.807, 2.05) is 0 Å². The molecular formula is C23H30N3O9PS. The minimum absolute atomic E-state index is 0.00673. The van der Waals surface area contributed by atoms with Gasteiger partial charge < -0.3 is 28.7 Å². The molecular weight excluding hydrogens is 525 g/mol. The van der Waals surface area contributed by atoms with Crippen molar-refractivity contribution in [1.29, 1.82) is 0 Å². The molecule has 2 aliphatic rings. The summed E-state index contributed by atoms with van der Waals surface area (Å²) in [6, 6.07) is 8.85. The van der Waals surface area contributed by atoms with Crippen LogP contribution in [0.4, 0.5) is 0 Å². The van der Waals surface area contributed by atoms with Gasteiger partial charge in [-0.1, -0.05) is 18.2 Å². The maximum absolute atomic E-state index is 12.4. The minimum atomic E-state index is -3.45. The molecule has 1 saturated heterocycles. The Bertz CT molecular complexity index is 1330. The van der Waals surface area contributed by atoms with Crippen LogP contribution in [-0.2, 0) is 30.6 Å². The van der Waals surface area contributed by atoms with Crippen molar-refractivity contribution >= 4 is 24.4 Å². The molecule has 202 valence electrons. The third kappa shape index (κ3) is 5.17. The van der Waals surface area contributed by atoms with Crippen LogP contribution in [0.15, 0.2) is 52.2 Å². The molecule has 1 aliphatic carbocycles. The van der Waals surface area contributed by atoms with Crippen LogP contribution in [-0.4, -0.2) is 61.3 Å². The van der Waals surface area contributed by atoms with Crippen molar-refractivity contribution in [3.63, 3.8) is 0 Å². The number of hydrogen-bond acceptors (Lipinski definition) is 10. The molecule has 1 saturated carbocycles. The molecule has 2 aromatic rings. The predicted octanol–water partition coefficient (Wildman–Crippen LogP) is 0.940. The van der Waals surface area contributed by atoms with Crippen molar-refractivity contribution in [3.05, 3.63) is 63.4 Å². The Kier molecular flexibility index (Phi) is 7.27. The van der Waals surface area contributed by atoms with Crippen LogP contribution in [0.2, 0.25) is 0 Å². The number of ether oxygens (including phenoxy) is 2. The molecule has 0 spiro atoms. The molecule has 2 heterocycles. The molecule has 37 heavy (non-hydrogen) atoms. The van der Waals surface area contributed by atoms with Crippen molar-refractivity contribution < 1.29 is 33.5 Å². The van der Waals surface area contributed by atoms with Gasteiger partial charge in [0.1, 0.15) is 28.6 Å². The van der Waals surface area contributed by atoms with Crippen molar-refractivity contribution in [2.45, 2.75) is 69.3 Å². The summed E-state index contributed by atoms with van der Waals surface area (Å²) in [4.78, 5) is 38.3. The van der Waals surface area contributed by atoms with Crippen molar-refractivity contribution in [2.75, 3.05) is 6.61 Å². The Morgan fingerprint density at radius 3 is 2.57 bits per heavy atom. The number of para-hydroxylation sites is 1. The Hall–Kier alpha value is -2.38. The van der Waals surface area contributed by atoms with E-state index in [-0.39, 0.29) is 19.1 Å². The number of hydrogen-bond donors (Lipinski definition) is 4. The Morgan fingerprint density at radius 2 is 1.95 bits per heavy atom. The Morgan fingerprint density at radius 1 is 1.27 bits per heavy atom. The smallest absolute Gasteiger partial charge is 0.330 e. The van der Waals surface area contributed by atoms with E-state index in [2.05, 4.69) is 10.1 Å². The monoisotopic (exact) mass is 555 g/mol. The maximum Gasteiger partial charge on any atom is 0.330 e. The fourth-order valence-corrected chi connectivity index (χ4v) is 6.78. The standard InChI is InChI=1S/C23H30N3O9PS/c1-14(2)33-18(28)15(3)25-36(37,35-16-8-6-5-7-9-16)32-13-22-12-23(22,31)21(4,30)19(34-22)26-11-10-17(27)24-20(26)29/h5-11,14-15,19,30-31H,12-13H2,1-4H3,(H,25,37)(H,24,27,29). The van der Waals surface area contributed by atoms with Crippen molar-refractivity contribution in [1.82, 2.24) is 14.6 Å². The lowest BCUT2D eigenvalue weighted by molar-refractivity contribution is -0.149. The number of benzene rings is 1. The zero-order chi connectivity index (χ0) is 27.2.